The molecule has 0 spiro atoms. The summed E-state index contributed by atoms with van der Waals surface area (Å²) in [6.07, 6.45) is 7.72. The second-order valence-electron chi connectivity index (χ2n) is 7.41. The number of pyridine rings is 1. The third-order valence-corrected chi connectivity index (χ3v) is 5.50. The highest BCUT2D eigenvalue weighted by Crippen LogP contribution is 2.31. The van der Waals surface area contributed by atoms with Crippen LogP contribution in [0.3, 0.4) is 0 Å². The predicted octanol–water partition coefficient (Wildman–Crippen LogP) is 3.89. The average molecular weight is 372 g/mol. The summed E-state index contributed by atoms with van der Waals surface area (Å²) >= 11 is 6.20. The topological polar surface area (TPSA) is 37.4 Å². The van der Waals surface area contributed by atoms with Crippen LogP contribution in [0.4, 0.5) is 0 Å². The van der Waals surface area contributed by atoms with Gasteiger partial charge in [-0.2, -0.15) is 0 Å². The summed E-state index contributed by atoms with van der Waals surface area (Å²) in [7, 11) is 0. The van der Waals surface area contributed by atoms with Crippen LogP contribution in [0, 0.1) is 5.92 Å². The van der Waals surface area contributed by atoms with Crippen molar-refractivity contribution in [2.24, 2.45) is 5.92 Å². The first kappa shape index (κ1) is 17.8. The van der Waals surface area contributed by atoms with Gasteiger partial charge in [0.1, 0.15) is 12.4 Å². The van der Waals surface area contributed by atoms with Crippen LogP contribution in [0.2, 0.25) is 5.02 Å². The molecule has 2 fully saturated rings. The zero-order valence-corrected chi connectivity index (χ0v) is 15.8. The van der Waals surface area contributed by atoms with Gasteiger partial charge in [0.15, 0.2) is 0 Å². The molecule has 26 heavy (non-hydrogen) atoms. The highest BCUT2D eigenvalue weighted by atomic mass is 35.5. The van der Waals surface area contributed by atoms with Crippen molar-refractivity contribution >= 4 is 11.6 Å². The summed E-state index contributed by atoms with van der Waals surface area (Å²) in [5, 5.41) is 4.36. The van der Waals surface area contributed by atoms with Crippen molar-refractivity contribution in [3.63, 3.8) is 0 Å². The molecule has 1 unspecified atom stereocenters. The lowest BCUT2D eigenvalue weighted by atomic mass is 10.1. The molecule has 1 N–H and O–H groups in total. The van der Waals surface area contributed by atoms with E-state index in [1.807, 2.05) is 36.5 Å². The molecular formula is C21H26ClN3O. The van der Waals surface area contributed by atoms with Gasteiger partial charge in [-0.05, 0) is 62.5 Å². The van der Waals surface area contributed by atoms with Gasteiger partial charge < -0.3 is 15.0 Å². The number of nitrogens with zero attached hydrogens (tertiary/aromatic N) is 2. The number of hydrogen-bond donors (Lipinski definition) is 1. The molecule has 1 aromatic heterocycles. The minimum atomic E-state index is 0.515. The minimum absolute atomic E-state index is 0.515. The van der Waals surface area contributed by atoms with Gasteiger partial charge in [0, 0.05) is 47.7 Å². The van der Waals surface area contributed by atoms with E-state index in [9.17, 15) is 0 Å². The first-order valence-electron chi connectivity index (χ1n) is 9.53. The number of likely N-dealkylation sites (tertiary alicyclic amines) is 1. The number of hydrogen-bond acceptors (Lipinski definition) is 4. The summed E-state index contributed by atoms with van der Waals surface area (Å²) in [6.45, 7) is 4.87. The molecule has 2 aromatic rings. The Labute approximate surface area is 160 Å². The fraction of sp³-hybridized carbons (Fsp3) is 0.476. The highest BCUT2D eigenvalue weighted by molar-refractivity contribution is 6.30. The van der Waals surface area contributed by atoms with Crippen LogP contribution in [0.5, 0.6) is 5.75 Å². The molecule has 1 aromatic carbocycles. The molecule has 1 aliphatic heterocycles. The Kier molecular flexibility index (Phi) is 5.73. The molecule has 5 heteroatoms. The minimum Gasteiger partial charge on any atom is -0.489 e. The SMILES string of the molecule is Clc1ccc(OCc2cccnc2)c(CNCC2CCN(C3CC3)C2)c1. The summed E-state index contributed by atoms with van der Waals surface area (Å²) in [4.78, 5) is 6.79. The number of rotatable bonds is 8. The fourth-order valence-corrected chi connectivity index (χ4v) is 3.88. The van der Waals surface area contributed by atoms with E-state index < -0.39 is 0 Å². The van der Waals surface area contributed by atoms with Gasteiger partial charge in [-0.3, -0.25) is 4.98 Å². The Morgan fingerprint density at radius 3 is 2.96 bits per heavy atom. The molecule has 0 radical (unpaired) electrons. The quantitative estimate of drug-likeness (QED) is 0.764. The molecule has 1 saturated carbocycles. The largest absolute Gasteiger partial charge is 0.489 e. The van der Waals surface area contributed by atoms with Crippen molar-refractivity contribution < 1.29 is 4.74 Å². The second kappa shape index (κ2) is 8.38. The van der Waals surface area contributed by atoms with Crippen molar-refractivity contribution in [1.29, 1.82) is 0 Å². The predicted molar refractivity (Wildman–Crippen MR) is 104 cm³/mol. The monoisotopic (exact) mass is 371 g/mol. The lowest BCUT2D eigenvalue weighted by Gasteiger charge is -2.16. The molecule has 2 aliphatic rings. The maximum Gasteiger partial charge on any atom is 0.124 e. The van der Waals surface area contributed by atoms with E-state index >= 15 is 0 Å². The average Bonchev–Trinajstić information content (AvgIpc) is 3.41. The molecule has 1 atom stereocenters. The van der Waals surface area contributed by atoms with Crippen LogP contribution in [0.15, 0.2) is 42.7 Å². The number of ether oxygens (including phenoxy) is 1. The zero-order chi connectivity index (χ0) is 17.8. The summed E-state index contributed by atoms with van der Waals surface area (Å²) in [5.74, 6) is 1.64. The second-order valence-corrected chi connectivity index (χ2v) is 7.85. The van der Waals surface area contributed by atoms with Crippen molar-refractivity contribution in [3.8, 4) is 5.75 Å². The van der Waals surface area contributed by atoms with Gasteiger partial charge >= 0.3 is 0 Å². The maximum atomic E-state index is 6.20. The maximum absolute atomic E-state index is 6.20. The van der Waals surface area contributed by atoms with E-state index in [1.54, 1.807) is 6.20 Å². The normalized spacial score (nSPS) is 20.4. The van der Waals surface area contributed by atoms with E-state index in [-0.39, 0.29) is 0 Å². The molecular weight excluding hydrogens is 346 g/mol. The molecule has 1 saturated heterocycles. The van der Waals surface area contributed by atoms with Crippen LogP contribution >= 0.6 is 11.6 Å². The fourth-order valence-electron chi connectivity index (χ4n) is 3.68. The van der Waals surface area contributed by atoms with E-state index in [2.05, 4.69) is 15.2 Å². The Morgan fingerprint density at radius 1 is 1.23 bits per heavy atom. The van der Waals surface area contributed by atoms with Crippen LogP contribution in [-0.2, 0) is 13.2 Å². The smallest absolute Gasteiger partial charge is 0.124 e. The third-order valence-electron chi connectivity index (χ3n) is 5.27. The third kappa shape index (κ3) is 4.76. The number of halogens is 1. The molecule has 2 heterocycles. The van der Waals surface area contributed by atoms with Gasteiger partial charge in [0.25, 0.3) is 0 Å². The van der Waals surface area contributed by atoms with Crippen LogP contribution in [0.1, 0.15) is 30.4 Å². The van der Waals surface area contributed by atoms with Gasteiger partial charge in [-0.15, -0.1) is 0 Å². The lowest BCUT2D eigenvalue weighted by molar-refractivity contribution is 0.300. The molecule has 0 amide bonds. The van der Waals surface area contributed by atoms with Crippen molar-refractivity contribution in [3.05, 3.63) is 58.9 Å². The number of aromatic nitrogens is 1. The molecule has 0 bridgehead atoms. The Balaban J connectivity index is 1.29. The van der Waals surface area contributed by atoms with E-state index in [4.69, 9.17) is 16.3 Å². The Hall–Kier alpha value is -1.62. The van der Waals surface area contributed by atoms with Crippen molar-refractivity contribution in [2.45, 2.75) is 38.5 Å². The zero-order valence-electron chi connectivity index (χ0n) is 15.0. The number of benzene rings is 1. The summed E-state index contributed by atoms with van der Waals surface area (Å²) in [6, 6.07) is 10.7. The van der Waals surface area contributed by atoms with Crippen LogP contribution in [-0.4, -0.2) is 35.6 Å². The summed E-state index contributed by atoms with van der Waals surface area (Å²) in [5.41, 5.74) is 2.17. The Morgan fingerprint density at radius 2 is 2.15 bits per heavy atom. The number of nitrogens with one attached hydrogen (secondary N) is 1. The van der Waals surface area contributed by atoms with Gasteiger partial charge in [-0.1, -0.05) is 17.7 Å². The first-order valence-corrected chi connectivity index (χ1v) is 9.90. The van der Waals surface area contributed by atoms with Crippen LogP contribution in [0.25, 0.3) is 0 Å². The van der Waals surface area contributed by atoms with Crippen molar-refractivity contribution in [2.75, 3.05) is 19.6 Å². The van der Waals surface area contributed by atoms with Crippen LogP contribution < -0.4 is 10.1 Å². The molecule has 4 nitrogen and oxygen atoms in total. The first-order chi connectivity index (χ1) is 12.8. The molecule has 1 aliphatic carbocycles. The van der Waals surface area contributed by atoms with Gasteiger partial charge in [0.05, 0.1) is 0 Å². The molecule has 138 valence electrons. The summed E-state index contributed by atoms with van der Waals surface area (Å²) < 4.78 is 6.01. The Bertz CT molecular complexity index is 720. The van der Waals surface area contributed by atoms with Gasteiger partial charge in [-0.25, -0.2) is 0 Å². The lowest BCUT2D eigenvalue weighted by Crippen LogP contribution is -2.27. The van der Waals surface area contributed by atoms with E-state index in [0.717, 1.165) is 46.9 Å². The highest BCUT2D eigenvalue weighted by Gasteiger charge is 2.33. The molecule has 4 rings (SSSR count). The standard InChI is InChI=1S/C21H26ClN3O/c22-19-3-6-21(26-15-17-2-1-8-23-12-17)18(10-19)13-24-11-16-7-9-25(14-16)20-4-5-20/h1-3,6,8,10,12,16,20,24H,4-5,7,9,11,13-15H2. The van der Waals surface area contributed by atoms with E-state index in [1.165, 1.54) is 32.4 Å². The van der Waals surface area contributed by atoms with Crippen molar-refractivity contribution in [1.82, 2.24) is 15.2 Å². The van der Waals surface area contributed by atoms with E-state index in [0.29, 0.717) is 6.61 Å². The van der Waals surface area contributed by atoms with Gasteiger partial charge in [0.2, 0.25) is 0 Å².